The van der Waals surface area contributed by atoms with Crippen molar-refractivity contribution in [1.82, 2.24) is 19.3 Å². The van der Waals surface area contributed by atoms with E-state index in [0.717, 1.165) is 17.6 Å². The van der Waals surface area contributed by atoms with Gasteiger partial charge in [-0.3, -0.25) is 10.1 Å². The van der Waals surface area contributed by atoms with E-state index >= 15 is 0 Å². The Morgan fingerprint density at radius 3 is 2.62 bits per heavy atom. The minimum absolute atomic E-state index is 0.0587. The summed E-state index contributed by atoms with van der Waals surface area (Å²) in [6.07, 6.45) is 0. The zero-order valence-electron chi connectivity index (χ0n) is 15.8. The summed E-state index contributed by atoms with van der Waals surface area (Å²) in [4.78, 5) is 17.3. The summed E-state index contributed by atoms with van der Waals surface area (Å²) < 4.78 is 30.4. The Labute approximate surface area is 169 Å². The van der Waals surface area contributed by atoms with E-state index in [0.29, 0.717) is 33.4 Å². The van der Waals surface area contributed by atoms with E-state index < -0.39 is 17.5 Å². The van der Waals surface area contributed by atoms with Gasteiger partial charge in [-0.1, -0.05) is 11.6 Å². The van der Waals surface area contributed by atoms with Crippen LogP contribution in [-0.2, 0) is 7.05 Å². The van der Waals surface area contributed by atoms with Crippen molar-refractivity contribution in [3.8, 4) is 5.69 Å². The Hall–Kier alpha value is -3.26. The number of fused-ring (bicyclic) bond motifs is 1. The van der Waals surface area contributed by atoms with E-state index in [1.54, 1.807) is 37.6 Å². The van der Waals surface area contributed by atoms with Gasteiger partial charge in [-0.2, -0.15) is 5.10 Å². The molecule has 2 heterocycles. The molecule has 2 aromatic heterocycles. The first-order chi connectivity index (χ1) is 13.8. The molecule has 0 saturated carbocycles. The molecule has 0 saturated heterocycles. The highest BCUT2D eigenvalue weighted by Gasteiger charge is 2.22. The summed E-state index contributed by atoms with van der Waals surface area (Å²) in [7, 11) is 1.77. The number of nitrogens with zero attached hydrogens (tertiary/aromatic N) is 4. The number of rotatable bonds is 3. The molecule has 0 atom stereocenters. The molecule has 9 heteroatoms. The Kier molecular flexibility index (Phi) is 4.58. The van der Waals surface area contributed by atoms with Crippen LogP contribution in [0.25, 0.3) is 16.7 Å². The van der Waals surface area contributed by atoms with E-state index in [-0.39, 0.29) is 5.69 Å². The summed E-state index contributed by atoms with van der Waals surface area (Å²) in [5.41, 5.74) is 2.63. The lowest BCUT2D eigenvalue weighted by Gasteiger charge is -2.08. The quantitative estimate of drug-likeness (QED) is 0.533. The summed E-state index contributed by atoms with van der Waals surface area (Å²) in [6.45, 7) is 3.29. The molecule has 4 aromatic rings. The maximum atomic E-state index is 14.2. The van der Waals surface area contributed by atoms with Crippen LogP contribution in [0.5, 0.6) is 0 Å². The molecule has 0 bridgehead atoms. The molecule has 0 fully saturated rings. The van der Waals surface area contributed by atoms with Crippen molar-refractivity contribution >= 4 is 34.5 Å². The minimum Gasteiger partial charge on any atom is -0.313 e. The maximum Gasteiger partial charge on any atom is 0.261 e. The topological polar surface area (TPSA) is 64.7 Å². The van der Waals surface area contributed by atoms with Gasteiger partial charge in [0.05, 0.1) is 28.0 Å². The van der Waals surface area contributed by atoms with Gasteiger partial charge in [0.2, 0.25) is 5.95 Å². The zero-order valence-corrected chi connectivity index (χ0v) is 16.6. The van der Waals surface area contributed by atoms with Crippen molar-refractivity contribution in [1.29, 1.82) is 0 Å². The summed E-state index contributed by atoms with van der Waals surface area (Å²) in [5.74, 6) is -1.55. The Morgan fingerprint density at radius 2 is 1.90 bits per heavy atom. The third kappa shape index (κ3) is 3.25. The van der Waals surface area contributed by atoms with E-state index in [1.165, 1.54) is 10.7 Å². The molecule has 4 rings (SSSR count). The fraction of sp³-hybridized carbons (Fsp3) is 0.150. The maximum absolute atomic E-state index is 14.2. The van der Waals surface area contributed by atoms with Crippen LogP contribution in [0.2, 0.25) is 5.02 Å². The van der Waals surface area contributed by atoms with E-state index in [4.69, 9.17) is 11.6 Å². The molecule has 0 aliphatic heterocycles. The molecule has 6 nitrogen and oxygen atoms in total. The fourth-order valence-electron chi connectivity index (χ4n) is 3.31. The van der Waals surface area contributed by atoms with Gasteiger partial charge in [0.1, 0.15) is 11.5 Å². The van der Waals surface area contributed by atoms with Crippen molar-refractivity contribution in [2.24, 2.45) is 7.05 Å². The first-order valence-electron chi connectivity index (χ1n) is 8.71. The highest BCUT2D eigenvalue weighted by molar-refractivity contribution is 6.31. The van der Waals surface area contributed by atoms with Crippen LogP contribution in [-0.4, -0.2) is 25.2 Å². The monoisotopic (exact) mass is 415 g/mol. The Balaban J connectivity index is 1.71. The number of hydrogen-bond donors (Lipinski definition) is 1. The number of nitrogens with one attached hydrogen (secondary N) is 1. The van der Waals surface area contributed by atoms with Crippen LogP contribution in [0.1, 0.15) is 21.7 Å². The normalized spacial score (nSPS) is 11.2. The fourth-order valence-corrected chi connectivity index (χ4v) is 3.47. The molecular weight excluding hydrogens is 400 g/mol. The number of carbonyl (C=O) groups excluding carboxylic acids is 1. The van der Waals surface area contributed by atoms with Gasteiger partial charge >= 0.3 is 0 Å². The van der Waals surface area contributed by atoms with Crippen LogP contribution >= 0.6 is 11.6 Å². The summed E-state index contributed by atoms with van der Waals surface area (Å²) >= 11 is 6.01. The van der Waals surface area contributed by atoms with Crippen LogP contribution < -0.4 is 5.32 Å². The number of anilines is 1. The van der Waals surface area contributed by atoms with Gasteiger partial charge in [-0.05, 0) is 44.2 Å². The largest absolute Gasteiger partial charge is 0.313 e. The van der Waals surface area contributed by atoms with Gasteiger partial charge in [-0.15, -0.1) is 0 Å². The number of amides is 1. The molecule has 0 aliphatic rings. The second-order valence-corrected chi connectivity index (χ2v) is 7.07. The summed E-state index contributed by atoms with van der Waals surface area (Å²) in [6, 6.07) is 8.45. The van der Waals surface area contributed by atoms with E-state index in [9.17, 15) is 13.6 Å². The average Bonchev–Trinajstić information content (AvgIpc) is 3.11. The Morgan fingerprint density at radius 1 is 1.14 bits per heavy atom. The third-order valence-electron chi connectivity index (χ3n) is 4.72. The molecule has 148 valence electrons. The predicted molar refractivity (Wildman–Crippen MR) is 107 cm³/mol. The summed E-state index contributed by atoms with van der Waals surface area (Å²) in [5, 5.41) is 7.57. The highest BCUT2D eigenvalue weighted by atomic mass is 35.5. The van der Waals surface area contributed by atoms with Crippen molar-refractivity contribution in [3.05, 3.63) is 70.0 Å². The van der Waals surface area contributed by atoms with E-state index in [1.807, 2.05) is 6.07 Å². The highest BCUT2D eigenvalue weighted by Crippen LogP contribution is 2.24. The molecule has 29 heavy (non-hydrogen) atoms. The molecule has 1 amide bonds. The first-order valence-corrected chi connectivity index (χ1v) is 9.09. The lowest BCUT2D eigenvalue weighted by molar-refractivity contribution is 0.102. The number of carbonyl (C=O) groups is 1. The number of hydrogen-bond acceptors (Lipinski definition) is 3. The molecule has 0 aliphatic carbocycles. The van der Waals surface area contributed by atoms with Crippen molar-refractivity contribution in [2.75, 3.05) is 5.32 Å². The van der Waals surface area contributed by atoms with Crippen LogP contribution in [0.15, 0.2) is 36.4 Å². The number of benzene rings is 2. The number of halogens is 3. The van der Waals surface area contributed by atoms with E-state index in [2.05, 4.69) is 15.4 Å². The van der Waals surface area contributed by atoms with Gasteiger partial charge in [-0.25, -0.2) is 18.4 Å². The second kappa shape index (κ2) is 6.97. The number of aryl methyl sites for hydroxylation is 2. The molecular formula is C20H16ClF2N5O. The molecule has 1 N–H and O–H groups in total. The van der Waals surface area contributed by atoms with Crippen LogP contribution in [0.3, 0.4) is 0 Å². The van der Waals surface area contributed by atoms with Crippen LogP contribution in [0.4, 0.5) is 14.7 Å². The molecule has 0 radical (unpaired) electrons. The van der Waals surface area contributed by atoms with Gasteiger partial charge in [0.25, 0.3) is 5.91 Å². The average molecular weight is 416 g/mol. The zero-order chi connectivity index (χ0) is 20.9. The third-order valence-corrected chi connectivity index (χ3v) is 4.96. The standard InChI is InChI=1S/C20H16ClF2N5O/c1-10-18(11(2)28(26-10)16-7-5-13(22)9-14(16)23)19(29)25-20-24-15-8-12(21)4-6-17(15)27(20)3/h4-9H,1-3H3,(H,24,25,29). The number of imidazole rings is 1. The minimum atomic E-state index is -0.769. The van der Waals surface area contributed by atoms with Gasteiger partial charge in [0.15, 0.2) is 5.82 Å². The number of aromatic nitrogens is 4. The lowest BCUT2D eigenvalue weighted by Crippen LogP contribution is -2.17. The van der Waals surface area contributed by atoms with Crippen molar-refractivity contribution < 1.29 is 13.6 Å². The first kappa shape index (κ1) is 19.1. The second-order valence-electron chi connectivity index (χ2n) is 6.63. The van der Waals surface area contributed by atoms with Crippen molar-refractivity contribution in [3.63, 3.8) is 0 Å². The van der Waals surface area contributed by atoms with Gasteiger partial charge in [0, 0.05) is 18.1 Å². The predicted octanol–water partition coefficient (Wildman–Crippen LogP) is 4.56. The molecule has 0 unspecified atom stereocenters. The van der Waals surface area contributed by atoms with Gasteiger partial charge < -0.3 is 4.57 Å². The lowest BCUT2D eigenvalue weighted by atomic mass is 10.2. The van der Waals surface area contributed by atoms with Crippen LogP contribution in [0, 0.1) is 25.5 Å². The molecule has 0 spiro atoms. The molecule has 2 aromatic carbocycles. The smallest absolute Gasteiger partial charge is 0.261 e. The van der Waals surface area contributed by atoms with Crippen molar-refractivity contribution in [2.45, 2.75) is 13.8 Å². The Bertz CT molecular complexity index is 1280. The SMILES string of the molecule is Cc1nn(-c2ccc(F)cc2F)c(C)c1C(=O)Nc1nc2cc(Cl)ccc2n1C.